The van der Waals surface area contributed by atoms with Crippen LogP contribution in [-0.2, 0) is 9.53 Å². The van der Waals surface area contributed by atoms with Crippen molar-refractivity contribution in [3.63, 3.8) is 0 Å². The summed E-state index contributed by atoms with van der Waals surface area (Å²) >= 11 is 0. The first-order valence-electron chi connectivity index (χ1n) is 4.37. The third-order valence-corrected chi connectivity index (χ3v) is 1.76. The average molecular weight is 220 g/mol. The summed E-state index contributed by atoms with van der Waals surface area (Å²) < 4.78 is 4.75. The molecule has 0 aromatic rings. The lowest BCUT2D eigenvalue weighted by Gasteiger charge is -2.19. The smallest absolute Gasteiger partial charge is 0.328 e. The van der Waals surface area contributed by atoms with Gasteiger partial charge in [0.1, 0.15) is 0 Å². The molecule has 0 aliphatic heterocycles. The van der Waals surface area contributed by atoms with Crippen LogP contribution >= 0.6 is 0 Å². The fourth-order valence-corrected chi connectivity index (χ4v) is 0.774. The summed E-state index contributed by atoms with van der Waals surface area (Å²) in [5.41, 5.74) is 0. The minimum atomic E-state index is -1.28. The molecule has 1 atom stereocenters. The molecule has 0 aliphatic rings. The van der Waals surface area contributed by atoms with Gasteiger partial charge < -0.3 is 25.2 Å². The first-order chi connectivity index (χ1) is 7.02. The van der Waals surface area contributed by atoms with Crippen LogP contribution in [0, 0.1) is 0 Å². The van der Waals surface area contributed by atoms with Gasteiger partial charge in [0.05, 0.1) is 13.2 Å². The number of nitrogens with one attached hydrogen (secondary N) is 1. The van der Waals surface area contributed by atoms with Crippen LogP contribution in [0.2, 0.25) is 0 Å². The molecule has 7 nitrogen and oxygen atoms in total. The first-order valence-corrected chi connectivity index (χ1v) is 4.37. The van der Waals surface area contributed by atoms with Crippen LogP contribution in [0.3, 0.4) is 0 Å². The highest BCUT2D eigenvalue weighted by Gasteiger charge is 2.20. The summed E-state index contributed by atoms with van der Waals surface area (Å²) in [6.07, 6.45) is 0. The maximum absolute atomic E-state index is 11.3. The highest BCUT2D eigenvalue weighted by molar-refractivity contribution is 5.82. The van der Waals surface area contributed by atoms with Crippen molar-refractivity contribution < 1.29 is 24.5 Å². The molecule has 88 valence electrons. The molecular formula is C8H16N2O5. The molecule has 0 fully saturated rings. The van der Waals surface area contributed by atoms with E-state index in [1.54, 1.807) is 0 Å². The molecule has 0 aromatic heterocycles. The molecule has 0 spiro atoms. The first kappa shape index (κ1) is 13.7. The number of carbonyl (C=O) groups excluding carboxylic acids is 1. The van der Waals surface area contributed by atoms with E-state index in [1.165, 1.54) is 19.1 Å². The predicted octanol–water partition coefficient (Wildman–Crippen LogP) is -1.28. The van der Waals surface area contributed by atoms with Crippen LogP contribution in [0.15, 0.2) is 0 Å². The minimum absolute atomic E-state index is 0.347. The Kier molecular flexibility index (Phi) is 6.39. The van der Waals surface area contributed by atoms with Crippen molar-refractivity contribution >= 4 is 12.0 Å². The Labute approximate surface area is 87.6 Å². The molecular weight excluding hydrogens is 204 g/mol. The summed E-state index contributed by atoms with van der Waals surface area (Å²) in [6.45, 7) is 0.0695. The maximum atomic E-state index is 11.3. The third kappa shape index (κ3) is 5.18. The molecule has 0 bridgehead atoms. The van der Waals surface area contributed by atoms with Crippen LogP contribution in [-0.4, -0.2) is 67.1 Å². The second kappa shape index (κ2) is 7.02. The largest absolute Gasteiger partial charge is 0.480 e. The lowest BCUT2D eigenvalue weighted by atomic mass is 10.3. The fraction of sp³-hybridized carbons (Fsp3) is 0.750. The number of urea groups is 1. The number of nitrogens with zero attached hydrogens (tertiary/aromatic N) is 1. The van der Waals surface area contributed by atoms with Gasteiger partial charge in [-0.1, -0.05) is 0 Å². The molecule has 3 N–H and O–H groups in total. The number of carbonyl (C=O) groups is 2. The number of hydrogen-bond donors (Lipinski definition) is 3. The Morgan fingerprint density at radius 1 is 1.53 bits per heavy atom. The average Bonchev–Trinajstić information content (AvgIpc) is 2.21. The molecule has 0 aromatic carbocycles. The topological polar surface area (TPSA) is 99.1 Å². The molecule has 15 heavy (non-hydrogen) atoms. The van der Waals surface area contributed by atoms with Gasteiger partial charge in [0.25, 0.3) is 0 Å². The molecule has 2 amide bonds. The lowest BCUT2D eigenvalue weighted by molar-refractivity contribution is -0.140. The lowest BCUT2D eigenvalue weighted by Crippen LogP contribution is -2.49. The SMILES string of the molecule is COCCN(C)C(=O)N[C@H](CO)C(=O)O. The van der Waals surface area contributed by atoms with Crippen LogP contribution < -0.4 is 5.32 Å². The van der Waals surface area contributed by atoms with Gasteiger partial charge in [-0.2, -0.15) is 0 Å². The van der Waals surface area contributed by atoms with E-state index in [-0.39, 0.29) is 0 Å². The molecule has 0 aliphatic carbocycles. The molecule has 0 rings (SSSR count). The van der Waals surface area contributed by atoms with Crippen molar-refractivity contribution in [3.8, 4) is 0 Å². The van der Waals surface area contributed by atoms with E-state index in [4.69, 9.17) is 14.9 Å². The van der Waals surface area contributed by atoms with Gasteiger partial charge in [0.2, 0.25) is 0 Å². The number of amides is 2. The molecule has 0 saturated carbocycles. The van der Waals surface area contributed by atoms with Crippen molar-refractivity contribution in [1.29, 1.82) is 0 Å². The number of hydrogen-bond acceptors (Lipinski definition) is 4. The monoisotopic (exact) mass is 220 g/mol. The van der Waals surface area contributed by atoms with Gasteiger partial charge in [-0.15, -0.1) is 0 Å². The number of aliphatic hydroxyl groups is 1. The van der Waals surface area contributed by atoms with Gasteiger partial charge >= 0.3 is 12.0 Å². The zero-order valence-electron chi connectivity index (χ0n) is 8.77. The highest BCUT2D eigenvalue weighted by atomic mass is 16.5. The van der Waals surface area contributed by atoms with E-state index < -0.39 is 24.6 Å². The number of rotatable bonds is 6. The van der Waals surface area contributed by atoms with Gasteiger partial charge in [-0.25, -0.2) is 9.59 Å². The number of aliphatic carboxylic acids is 1. The fourth-order valence-electron chi connectivity index (χ4n) is 0.774. The number of likely N-dealkylation sites (N-methyl/N-ethyl adjacent to an activating group) is 1. The Bertz CT molecular complexity index is 221. The Morgan fingerprint density at radius 3 is 2.53 bits per heavy atom. The van der Waals surface area contributed by atoms with Crippen LogP contribution in [0.25, 0.3) is 0 Å². The number of methoxy groups -OCH3 is 1. The Hall–Kier alpha value is -1.34. The highest BCUT2D eigenvalue weighted by Crippen LogP contribution is 1.89. The zero-order valence-corrected chi connectivity index (χ0v) is 8.77. The number of carboxylic acid groups (broad SMARTS) is 1. The van der Waals surface area contributed by atoms with E-state index >= 15 is 0 Å². The van der Waals surface area contributed by atoms with Gasteiger partial charge in [0, 0.05) is 20.7 Å². The third-order valence-electron chi connectivity index (χ3n) is 1.76. The number of carboxylic acids is 1. The molecule has 0 unspecified atom stereocenters. The summed E-state index contributed by atoms with van der Waals surface area (Å²) in [7, 11) is 3.00. The van der Waals surface area contributed by atoms with Gasteiger partial charge in [-0.05, 0) is 0 Å². The predicted molar refractivity (Wildman–Crippen MR) is 51.5 cm³/mol. The number of ether oxygens (including phenoxy) is 1. The van der Waals surface area contributed by atoms with Crippen LogP contribution in [0.5, 0.6) is 0 Å². The Morgan fingerprint density at radius 2 is 2.13 bits per heavy atom. The normalized spacial score (nSPS) is 11.9. The van der Waals surface area contributed by atoms with Crippen molar-refractivity contribution in [3.05, 3.63) is 0 Å². The summed E-state index contributed by atoms with van der Waals surface area (Å²) in [6, 6.07) is -1.84. The van der Waals surface area contributed by atoms with E-state index in [1.807, 2.05) is 0 Å². The van der Waals surface area contributed by atoms with E-state index in [0.717, 1.165) is 0 Å². The van der Waals surface area contributed by atoms with E-state index in [0.29, 0.717) is 13.2 Å². The van der Waals surface area contributed by atoms with Gasteiger partial charge in [-0.3, -0.25) is 0 Å². The molecule has 0 saturated heterocycles. The standard InChI is InChI=1S/C8H16N2O5/c1-10(3-4-15-2)8(14)9-6(5-11)7(12)13/h6,11H,3-5H2,1-2H3,(H,9,14)(H,12,13)/t6-/m1/s1. The number of aliphatic hydroxyl groups excluding tert-OH is 1. The van der Waals surface area contributed by atoms with Crippen molar-refractivity contribution in [2.75, 3.05) is 33.9 Å². The second-order valence-electron chi connectivity index (χ2n) is 2.94. The van der Waals surface area contributed by atoms with Crippen molar-refractivity contribution in [2.24, 2.45) is 0 Å². The molecule has 7 heteroatoms. The summed E-state index contributed by atoms with van der Waals surface area (Å²) in [4.78, 5) is 23.1. The summed E-state index contributed by atoms with van der Waals surface area (Å²) in [5, 5.41) is 19.4. The molecule has 0 heterocycles. The Balaban J connectivity index is 4.04. The van der Waals surface area contributed by atoms with Crippen molar-refractivity contribution in [2.45, 2.75) is 6.04 Å². The van der Waals surface area contributed by atoms with Gasteiger partial charge in [0.15, 0.2) is 6.04 Å². The van der Waals surface area contributed by atoms with Crippen molar-refractivity contribution in [1.82, 2.24) is 10.2 Å². The van der Waals surface area contributed by atoms with E-state index in [9.17, 15) is 9.59 Å². The minimum Gasteiger partial charge on any atom is -0.480 e. The maximum Gasteiger partial charge on any atom is 0.328 e. The quantitative estimate of drug-likeness (QED) is 0.518. The zero-order chi connectivity index (χ0) is 11.8. The van der Waals surface area contributed by atoms with Crippen LogP contribution in [0.1, 0.15) is 0 Å². The van der Waals surface area contributed by atoms with E-state index in [2.05, 4.69) is 5.32 Å². The molecule has 0 radical (unpaired) electrons. The second-order valence-corrected chi connectivity index (χ2v) is 2.94. The van der Waals surface area contributed by atoms with Crippen LogP contribution in [0.4, 0.5) is 4.79 Å². The summed E-state index contributed by atoms with van der Waals surface area (Å²) in [5.74, 6) is -1.27.